The maximum absolute atomic E-state index is 5.28. The lowest BCUT2D eigenvalue weighted by Gasteiger charge is -2.26. The van der Waals surface area contributed by atoms with Gasteiger partial charge in [0.2, 0.25) is 11.9 Å². The van der Waals surface area contributed by atoms with Crippen LogP contribution in [0.2, 0.25) is 0 Å². The van der Waals surface area contributed by atoms with Crippen LogP contribution in [0.1, 0.15) is 38.1 Å². The standard InChI is InChI=1S/C51H39N5.C45H29N5.C39H25N5/c1-5-18-34(19-6-1)37-24-17-25-38(32-37)42-33-45-46(47-41-29-14-15-30-43(41)55(48(42)47)39-26-11-4-12-27-39)40-28-13-16-31-44(40)56(45)51-53-49(35-20-7-2-8-21-35)52-50(54-51)36-22-9-3-10-23-36;1-4-15-30(16-5-1)43-46-44(31-17-6-2-7-18-31)48-45(47-43)32-19-14-22-34(29-32)50-38-26-13-11-24-36(38)42-40(50)28-27-39-41(42)35-23-10-12-25-37(35)49(39)33-20-8-3-9-21-33;1-4-14-26(15-5-1)37-40-38(27-16-6-2-7-17-27)42-39(41-37)44-32-23-13-11-21-30(32)36-34(44)25-24-33-35(36)29-20-10-12-22-31(29)43(33)28-18-8-3-9-19-28/h1-3,5-10,13-25,28-33,39H,4,11-12,26-27H2;1-29H;1-25H. The van der Waals surface area contributed by atoms with Crippen LogP contribution >= 0.6 is 0 Å². The zero-order valence-electron chi connectivity index (χ0n) is 81.7. The van der Waals surface area contributed by atoms with Gasteiger partial charge in [-0.05, 0) is 139 Å². The van der Waals surface area contributed by atoms with E-state index in [0.717, 1.165) is 94.5 Å². The average molecular weight is 1930 g/mol. The molecule has 0 saturated heterocycles. The third kappa shape index (κ3) is 15.3. The van der Waals surface area contributed by atoms with Crippen LogP contribution in [0.5, 0.6) is 0 Å². The summed E-state index contributed by atoms with van der Waals surface area (Å²) in [4.78, 5) is 45.7. The van der Waals surface area contributed by atoms with E-state index in [-0.39, 0.29) is 0 Å². The minimum atomic E-state index is 0.429. The number of rotatable bonds is 15. The summed E-state index contributed by atoms with van der Waals surface area (Å²) in [5, 5.41) is 14.7. The van der Waals surface area contributed by atoms with E-state index in [9.17, 15) is 0 Å². The van der Waals surface area contributed by atoms with Crippen LogP contribution < -0.4 is 0 Å². The summed E-state index contributed by atoms with van der Waals surface area (Å²) in [6.07, 6.45) is 6.19. The number of benzene rings is 20. The highest BCUT2D eigenvalue weighted by Gasteiger charge is 2.31. The molecular formula is C135H93N15. The first kappa shape index (κ1) is 88.0. The first-order valence-corrected chi connectivity index (χ1v) is 51.4. The lowest BCUT2D eigenvalue weighted by molar-refractivity contribution is 0.367. The van der Waals surface area contributed by atoms with Crippen LogP contribution in [0, 0.1) is 0 Å². The number of fused-ring (bicyclic) bond motifs is 21. The topological polar surface area (TPSA) is 146 Å². The second kappa shape index (κ2) is 37.4. The van der Waals surface area contributed by atoms with Crippen molar-refractivity contribution in [2.75, 3.05) is 0 Å². The van der Waals surface area contributed by atoms with Crippen molar-refractivity contribution >= 4 is 131 Å². The second-order valence-corrected chi connectivity index (χ2v) is 38.4. The number of para-hydroxylation sites is 8. The van der Waals surface area contributed by atoms with Gasteiger partial charge in [-0.3, -0.25) is 9.13 Å². The van der Waals surface area contributed by atoms with Crippen molar-refractivity contribution in [1.29, 1.82) is 0 Å². The summed E-state index contributed by atoms with van der Waals surface area (Å²) in [5.41, 5.74) is 28.7. The van der Waals surface area contributed by atoms with Gasteiger partial charge in [-0.2, -0.15) is 19.9 Å². The lowest BCUT2D eigenvalue weighted by Crippen LogP contribution is -2.13. The molecule has 1 fully saturated rings. The predicted octanol–water partition coefficient (Wildman–Crippen LogP) is 33.7. The molecule has 29 aromatic rings. The number of hydrogen-bond donors (Lipinski definition) is 0. The van der Waals surface area contributed by atoms with Gasteiger partial charge in [0.05, 0.1) is 60.7 Å². The number of aromatic nitrogens is 15. The molecule has 0 N–H and O–H groups in total. The van der Waals surface area contributed by atoms with Crippen molar-refractivity contribution in [3.8, 4) is 131 Å². The fourth-order valence-electron chi connectivity index (χ4n) is 23.1. The maximum atomic E-state index is 5.28. The third-order valence-electron chi connectivity index (χ3n) is 29.6. The number of nitrogens with zero attached hydrogens (tertiary/aromatic N) is 15. The molecule has 0 aliphatic heterocycles. The Morgan fingerprint density at radius 3 is 0.787 bits per heavy atom. The summed E-state index contributed by atoms with van der Waals surface area (Å²) < 4.78 is 14.3. The molecule has 1 aliphatic rings. The molecule has 0 spiro atoms. The first-order chi connectivity index (χ1) is 74.5. The van der Waals surface area contributed by atoms with Crippen molar-refractivity contribution in [2.24, 2.45) is 0 Å². The van der Waals surface area contributed by atoms with Crippen LogP contribution in [0.4, 0.5) is 0 Å². The van der Waals surface area contributed by atoms with E-state index < -0.39 is 0 Å². The Bertz CT molecular complexity index is 10100. The van der Waals surface area contributed by atoms with Gasteiger partial charge in [-0.1, -0.05) is 408 Å². The van der Waals surface area contributed by atoms with Crippen LogP contribution in [-0.2, 0) is 0 Å². The highest BCUT2D eigenvalue weighted by atomic mass is 15.2. The highest BCUT2D eigenvalue weighted by Crippen LogP contribution is 2.51. The smallest absolute Gasteiger partial charge is 0.238 e. The molecule has 0 atom stereocenters. The van der Waals surface area contributed by atoms with E-state index in [4.69, 9.17) is 44.9 Å². The largest absolute Gasteiger partial charge is 0.337 e. The van der Waals surface area contributed by atoms with Gasteiger partial charge >= 0.3 is 0 Å². The Balaban J connectivity index is 0.000000109. The molecule has 150 heavy (non-hydrogen) atoms. The molecule has 15 nitrogen and oxygen atoms in total. The molecule has 15 heteroatoms. The molecule has 708 valence electrons. The van der Waals surface area contributed by atoms with Gasteiger partial charge in [0.15, 0.2) is 40.8 Å². The van der Waals surface area contributed by atoms with Gasteiger partial charge in [0, 0.05) is 138 Å². The molecule has 20 aromatic carbocycles. The minimum absolute atomic E-state index is 0.429. The first-order valence-electron chi connectivity index (χ1n) is 51.4. The highest BCUT2D eigenvalue weighted by molar-refractivity contribution is 6.33. The molecule has 0 amide bonds. The Morgan fingerprint density at radius 2 is 0.413 bits per heavy atom. The second-order valence-electron chi connectivity index (χ2n) is 38.4. The molecule has 1 saturated carbocycles. The van der Waals surface area contributed by atoms with E-state index in [1.54, 1.807) is 0 Å². The molecule has 9 aromatic heterocycles. The SMILES string of the molecule is c1ccc(-c2cccc(-c3cc4c(c5ccccc5n4-c4nc(-c5ccccc5)nc(-c5ccccc5)n4)c4c5ccccc5n(C5CCCCC5)c34)c2)cc1.c1ccc(-c2nc(-c3ccccc3)nc(-c3cccc(-n4c5ccccc5c5c6c7ccccc7n(-c7ccccc7)c6ccc54)c3)n2)cc1.c1ccc(-c2nc(-c3ccccc3)nc(-n3c4ccccc4c4c5c6ccccc6n(-c6ccccc6)c5ccc43)n2)cc1. The van der Waals surface area contributed by atoms with Crippen LogP contribution in [0.25, 0.3) is 262 Å². The molecule has 0 radical (unpaired) electrons. The Labute approximate surface area is 863 Å². The fourth-order valence-corrected chi connectivity index (χ4v) is 23.1. The van der Waals surface area contributed by atoms with Crippen molar-refractivity contribution in [2.45, 2.75) is 38.1 Å². The quantitative estimate of drug-likeness (QED) is 0.0979. The Kier molecular flexibility index (Phi) is 22.0. The summed E-state index contributed by atoms with van der Waals surface area (Å²) in [6.45, 7) is 0. The zero-order valence-corrected chi connectivity index (χ0v) is 81.7. The summed E-state index contributed by atoms with van der Waals surface area (Å²) >= 11 is 0. The van der Waals surface area contributed by atoms with Gasteiger partial charge in [0.25, 0.3) is 0 Å². The van der Waals surface area contributed by atoms with Crippen LogP contribution in [0.3, 0.4) is 0 Å². The molecular weight excluding hydrogens is 1830 g/mol. The van der Waals surface area contributed by atoms with E-state index in [1.807, 2.05) is 158 Å². The molecule has 30 rings (SSSR count). The molecule has 9 heterocycles. The summed E-state index contributed by atoms with van der Waals surface area (Å²) in [6, 6.07) is 175. The van der Waals surface area contributed by atoms with Crippen LogP contribution in [-0.4, -0.2) is 72.3 Å². The monoisotopic (exact) mass is 1920 g/mol. The zero-order chi connectivity index (χ0) is 99.1. The van der Waals surface area contributed by atoms with Gasteiger partial charge in [-0.15, -0.1) is 0 Å². The average Bonchev–Trinajstić information content (AvgIpc) is 1.54. The van der Waals surface area contributed by atoms with Crippen molar-refractivity contribution < 1.29 is 0 Å². The fraction of sp³-hybridized carbons (Fsp3) is 0.0444. The van der Waals surface area contributed by atoms with Crippen molar-refractivity contribution in [3.63, 3.8) is 0 Å². The minimum Gasteiger partial charge on any atom is -0.337 e. The van der Waals surface area contributed by atoms with E-state index in [1.165, 1.54) is 147 Å². The summed E-state index contributed by atoms with van der Waals surface area (Å²) in [5.74, 6) is 5.69. The third-order valence-corrected chi connectivity index (χ3v) is 29.6. The maximum Gasteiger partial charge on any atom is 0.238 e. The van der Waals surface area contributed by atoms with E-state index >= 15 is 0 Å². The summed E-state index contributed by atoms with van der Waals surface area (Å²) in [7, 11) is 0. The number of hydrogen-bond acceptors (Lipinski definition) is 9. The molecule has 0 unspecified atom stereocenters. The predicted molar refractivity (Wildman–Crippen MR) is 615 cm³/mol. The van der Waals surface area contributed by atoms with Crippen LogP contribution in [0.15, 0.2) is 497 Å². The Hall–Kier alpha value is -19.8. The van der Waals surface area contributed by atoms with Crippen molar-refractivity contribution in [1.82, 2.24) is 72.3 Å². The van der Waals surface area contributed by atoms with Gasteiger partial charge in [0.1, 0.15) is 0 Å². The Morgan fingerprint density at radius 1 is 0.160 bits per heavy atom. The van der Waals surface area contributed by atoms with E-state index in [2.05, 4.69) is 367 Å². The lowest BCUT2D eigenvalue weighted by atomic mass is 9.93. The molecule has 0 bridgehead atoms. The van der Waals surface area contributed by atoms with E-state index in [0.29, 0.717) is 58.7 Å². The molecule has 1 aliphatic carbocycles. The van der Waals surface area contributed by atoms with Crippen molar-refractivity contribution in [3.05, 3.63) is 497 Å². The normalized spacial score (nSPS) is 12.4. The van der Waals surface area contributed by atoms with Gasteiger partial charge in [-0.25, -0.2) is 24.9 Å². The van der Waals surface area contributed by atoms with Gasteiger partial charge < -0.3 is 18.3 Å².